The molecule has 0 aliphatic carbocycles. The van der Waals surface area contributed by atoms with E-state index >= 15 is 0 Å². The monoisotopic (exact) mass is 259 g/mol. The van der Waals surface area contributed by atoms with Crippen molar-refractivity contribution >= 4 is 11.8 Å². The SMILES string of the molecule is CSCCCC1(CNC(C)(C)C)CCCOC1. The van der Waals surface area contributed by atoms with Crippen molar-refractivity contribution in [1.82, 2.24) is 5.32 Å². The predicted molar refractivity (Wildman–Crippen MR) is 77.9 cm³/mol. The maximum Gasteiger partial charge on any atom is 0.0534 e. The van der Waals surface area contributed by atoms with Crippen LogP contribution in [0.5, 0.6) is 0 Å². The van der Waals surface area contributed by atoms with Crippen LogP contribution in [0.25, 0.3) is 0 Å². The van der Waals surface area contributed by atoms with Crippen LogP contribution in [0.2, 0.25) is 0 Å². The highest BCUT2D eigenvalue weighted by Gasteiger charge is 2.33. The molecule has 0 aromatic heterocycles. The maximum absolute atomic E-state index is 5.73. The molecule has 1 aliphatic rings. The van der Waals surface area contributed by atoms with E-state index in [4.69, 9.17) is 4.74 Å². The van der Waals surface area contributed by atoms with E-state index in [1.807, 2.05) is 11.8 Å². The minimum atomic E-state index is 0.212. The second-order valence-corrected chi connectivity index (χ2v) is 7.34. The van der Waals surface area contributed by atoms with Gasteiger partial charge in [-0.25, -0.2) is 0 Å². The summed E-state index contributed by atoms with van der Waals surface area (Å²) in [6.45, 7) is 9.74. The van der Waals surface area contributed by atoms with E-state index < -0.39 is 0 Å². The van der Waals surface area contributed by atoms with Gasteiger partial charge in [0, 0.05) is 24.1 Å². The van der Waals surface area contributed by atoms with E-state index in [0.29, 0.717) is 5.41 Å². The summed E-state index contributed by atoms with van der Waals surface area (Å²) in [5, 5.41) is 3.67. The highest BCUT2D eigenvalue weighted by Crippen LogP contribution is 2.33. The first-order valence-corrected chi connectivity index (χ1v) is 8.19. The first-order valence-electron chi connectivity index (χ1n) is 6.79. The van der Waals surface area contributed by atoms with Crippen molar-refractivity contribution in [3.05, 3.63) is 0 Å². The summed E-state index contributed by atoms with van der Waals surface area (Å²) in [7, 11) is 0. The van der Waals surface area contributed by atoms with Crippen LogP contribution in [0.3, 0.4) is 0 Å². The third-order valence-electron chi connectivity index (χ3n) is 3.45. The second kappa shape index (κ2) is 7.01. The summed E-state index contributed by atoms with van der Waals surface area (Å²) in [5.41, 5.74) is 0.602. The van der Waals surface area contributed by atoms with Crippen molar-refractivity contribution in [2.45, 2.75) is 52.0 Å². The molecule has 0 spiro atoms. The third-order valence-corrected chi connectivity index (χ3v) is 4.15. The summed E-state index contributed by atoms with van der Waals surface area (Å²) in [6.07, 6.45) is 7.36. The van der Waals surface area contributed by atoms with Crippen LogP contribution in [0, 0.1) is 5.41 Å². The van der Waals surface area contributed by atoms with Gasteiger partial charge in [0.2, 0.25) is 0 Å². The molecule has 17 heavy (non-hydrogen) atoms. The second-order valence-electron chi connectivity index (χ2n) is 6.36. The Morgan fingerprint density at radius 1 is 1.35 bits per heavy atom. The molecule has 1 aliphatic heterocycles. The van der Waals surface area contributed by atoms with Gasteiger partial charge in [0.1, 0.15) is 0 Å². The molecule has 0 aromatic carbocycles. The minimum absolute atomic E-state index is 0.212. The molecule has 0 radical (unpaired) electrons. The first kappa shape index (κ1) is 15.3. The summed E-state index contributed by atoms with van der Waals surface area (Å²) >= 11 is 1.95. The van der Waals surface area contributed by atoms with Gasteiger partial charge in [0.25, 0.3) is 0 Å². The Kier molecular flexibility index (Phi) is 6.32. The number of rotatable bonds is 6. The van der Waals surface area contributed by atoms with Crippen LogP contribution in [0.4, 0.5) is 0 Å². The zero-order chi connectivity index (χ0) is 12.8. The molecule has 1 N–H and O–H groups in total. The molecule has 0 saturated carbocycles. The molecule has 0 bridgehead atoms. The Morgan fingerprint density at radius 3 is 2.65 bits per heavy atom. The molecule has 1 saturated heterocycles. The maximum atomic E-state index is 5.73. The van der Waals surface area contributed by atoms with Crippen molar-refractivity contribution < 1.29 is 4.74 Å². The number of nitrogens with one attached hydrogen (secondary N) is 1. The smallest absolute Gasteiger partial charge is 0.0534 e. The fourth-order valence-corrected chi connectivity index (χ4v) is 2.81. The largest absolute Gasteiger partial charge is 0.381 e. The number of thioether (sulfide) groups is 1. The lowest BCUT2D eigenvalue weighted by molar-refractivity contribution is -0.0150. The molecule has 1 rings (SSSR count). The van der Waals surface area contributed by atoms with Gasteiger partial charge in [-0.2, -0.15) is 11.8 Å². The summed E-state index contributed by atoms with van der Waals surface area (Å²) in [4.78, 5) is 0. The Morgan fingerprint density at radius 2 is 2.12 bits per heavy atom. The van der Waals surface area contributed by atoms with Crippen LogP contribution in [-0.4, -0.2) is 37.3 Å². The first-order chi connectivity index (χ1) is 7.97. The van der Waals surface area contributed by atoms with Gasteiger partial charge in [0.05, 0.1) is 6.61 Å². The summed E-state index contributed by atoms with van der Waals surface area (Å²) < 4.78 is 5.73. The average molecular weight is 259 g/mol. The quantitative estimate of drug-likeness (QED) is 0.739. The molecule has 1 atom stereocenters. The molecule has 1 fully saturated rings. The summed E-state index contributed by atoms with van der Waals surface area (Å²) in [5.74, 6) is 1.28. The zero-order valence-corrected chi connectivity index (χ0v) is 12.8. The fraction of sp³-hybridized carbons (Fsp3) is 1.00. The molecule has 102 valence electrons. The van der Waals surface area contributed by atoms with Crippen LogP contribution < -0.4 is 5.32 Å². The van der Waals surface area contributed by atoms with Crippen molar-refractivity contribution in [1.29, 1.82) is 0 Å². The van der Waals surface area contributed by atoms with Crippen LogP contribution >= 0.6 is 11.8 Å². The number of ether oxygens (including phenoxy) is 1. The number of hydrogen-bond donors (Lipinski definition) is 1. The molecule has 1 heterocycles. The van der Waals surface area contributed by atoms with Gasteiger partial charge in [-0.05, 0) is 58.5 Å². The van der Waals surface area contributed by atoms with E-state index in [-0.39, 0.29) is 5.54 Å². The van der Waals surface area contributed by atoms with E-state index in [1.165, 1.54) is 31.4 Å². The van der Waals surface area contributed by atoms with Crippen molar-refractivity contribution in [2.75, 3.05) is 31.8 Å². The Labute approximate surface area is 111 Å². The number of hydrogen-bond acceptors (Lipinski definition) is 3. The molecular formula is C14H29NOS. The van der Waals surface area contributed by atoms with Gasteiger partial charge in [-0.15, -0.1) is 0 Å². The third kappa shape index (κ3) is 6.12. The van der Waals surface area contributed by atoms with Crippen LogP contribution in [-0.2, 0) is 4.74 Å². The Bertz CT molecular complexity index is 207. The Hall–Kier alpha value is 0.270. The van der Waals surface area contributed by atoms with Crippen LogP contribution in [0.1, 0.15) is 46.5 Å². The van der Waals surface area contributed by atoms with Gasteiger partial charge in [-0.1, -0.05) is 0 Å². The van der Waals surface area contributed by atoms with E-state index in [0.717, 1.165) is 19.8 Å². The van der Waals surface area contributed by atoms with Crippen molar-refractivity contribution in [3.63, 3.8) is 0 Å². The van der Waals surface area contributed by atoms with E-state index in [2.05, 4.69) is 32.3 Å². The zero-order valence-electron chi connectivity index (χ0n) is 12.0. The molecule has 0 aromatic rings. The standard InChI is InChI=1S/C14H29NOS/c1-13(2,3)15-11-14(8-6-10-17-4)7-5-9-16-12-14/h15H,5-12H2,1-4H3. The lowest BCUT2D eigenvalue weighted by atomic mass is 9.78. The van der Waals surface area contributed by atoms with Gasteiger partial charge in [-0.3, -0.25) is 0 Å². The Balaban J connectivity index is 2.46. The average Bonchev–Trinajstić information content (AvgIpc) is 2.28. The molecule has 0 amide bonds. The summed E-state index contributed by atoms with van der Waals surface area (Å²) in [6, 6.07) is 0. The minimum Gasteiger partial charge on any atom is -0.381 e. The normalized spacial score (nSPS) is 26.1. The topological polar surface area (TPSA) is 21.3 Å². The van der Waals surface area contributed by atoms with Crippen molar-refractivity contribution in [2.24, 2.45) is 5.41 Å². The van der Waals surface area contributed by atoms with Gasteiger partial charge < -0.3 is 10.1 Å². The molecule has 1 unspecified atom stereocenters. The highest BCUT2D eigenvalue weighted by molar-refractivity contribution is 7.98. The van der Waals surface area contributed by atoms with Gasteiger partial charge in [0.15, 0.2) is 0 Å². The molecule has 2 nitrogen and oxygen atoms in total. The molecular weight excluding hydrogens is 230 g/mol. The highest BCUT2D eigenvalue weighted by atomic mass is 32.2. The lowest BCUT2D eigenvalue weighted by Gasteiger charge is -2.39. The molecule has 3 heteroatoms. The lowest BCUT2D eigenvalue weighted by Crippen LogP contribution is -2.47. The van der Waals surface area contributed by atoms with Gasteiger partial charge >= 0.3 is 0 Å². The van der Waals surface area contributed by atoms with Crippen LogP contribution in [0.15, 0.2) is 0 Å². The fourth-order valence-electron chi connectivity index (χ4n) is 2.38. The predicted octanol–water partition coefficient (Wildman–Crippen LogP) is 3.31. The van der Waals surface area contributed by atoms with E-state index in [1.54, 1.807) is 0 Å². The van der Waals surface area contributed by atoms with Crippen molar-refractivity contribution in [3.8, 4) is 0 Å². The van der Waals surface area contributed by atoms with E-state index in [9.17, 15) is 0 Å².